The van der Waals surface area contributed by atoms with E-state index < -0.39 is 0 Å². The molecule has 1 aliphatic rings. The van der Waals surface area contributed by atoms with E-state index in [1.165, 1.54) is 0 Å². The predicted octanol–water partition coefficient (Wildman–Crippen LogP) is 2.45. The van der Waals surface area contributed by atoms with Crippen molar-refractivity contribution in [2.75, 3.05) is 0 Å². The van der Waals surface area contributed by atoms with E-state index in [2.05, 4.69) is 18.9 Å². The van der Waals surface area contributed by atoms with Gasteiger partial charge in [-0.1, -0.05) is 20.3 Å². The third-order valence-corrected chi connectivity index (χ3v) is 3.24. The molecule has 1 aromatic rings. The van der Waals surface area contributed by atoms with Gasteiger partial charge >= 0.3 is 0 Å². The van der Waals surface area contributed by atoms with Gasteiger partial charge in [-0.15, -0.1) is 0 Å². The first-order valence-corrected chi connectivity index (χ1v) is 5.30. The smallest absolute Gasteiger partial charge is 0.180 e. The van der Waals surface area contributed by atoms with Crippen LogP contribution >= 0.6 is 0 Å². The first-order valence-electron chi connectivity index (χ1n) is 5.30. The van der Waals surface area contributed by atoms with Gasteiger partial charge in [0.15, 0.2) is 5.78 Å². The van der Waals surface area contributed by atoms with Crippen LogP contribution in [0.2, 0.25) is 0 Å². The lowest BCUT2D eigenvalue weighted by molar-refractivity contribution is 0.0921. The summed E-state index contributed by atoms with van der Waals surface area (Å²) in [5.41, 5.74) is 0.793. The average Bonchev–Trinajstić information content (AvgIpc) is 2.67. The second-order valence-corrected chi connectivity index (χ2v) is 4.08. The third kappa shape index (κ3) is 1.37. The van der Waals surface area contributed by atoms with Gasteiger partial charge < -0.3 is 0 Å². The van der Waals surface area contributed by atoms with Crippen molar-refractivity contribution >= 4 is 5.78 Å². The van der Waals surface area contributed by atoms with Gasteiger partial charge in [0, 0.05) is 12.6 Å². The zero-order valence-corrected chi connectivity index (χ0v) is 8.73. The van der Waals surface area contributed by atoms with E-state index in [1.807, 2.05) is 10.7 Å². The number of rotatable bonds is 2. The maximum Gasteiger partial charge on any atom is 0.180 e. The summed E-state index contributed by atoms with van der Waals surface area (Å²) in [7, 11) is 0. The Hall–Kier alpha value is -1.12. The Morgan fingerprint density at radius 3 is 3.21 bits per heavy atom. The van der Waals surface area contributed by atoms with Crippen molar-refractivity contribution in [3.05, 3.63) is 18.0 Å². The van der Waals surface area contributed by atoms with Gasteiger partial charge in [0.1, 0.15) is 5.69 Å². The van der Waals surface area contributed by atoms with Crippen LogP contribution in [0, 0.1) is 5.92 Å². The molecule has 76 valence electrons. The van der Waals surface area contributed by atoms with E-state index in [-0.39, 0.29) is 5.78 Å². The molecule has 2 atom stereocenters. The maximum atomic E-state index is 11.5. The van der Waals surface area contributed by atoms with E-state index in [0.29, 0.717) is 18.4 Å². The zero-order valence-electron chi connectivity index (χ0n) is 8.73. The SMILES string of the molecule is CCC(C)C1CCC(=O)c2ccnn21. The predicted molar refractivity (Wildman–Crippen MR) is 54.3 cm³/mol. The second-order valence-electron chi connectivity index (χ2n) is 4.08. The fourth-order valence-electron chi connectivity index (χ4n) is 2.13. The number of hydrogen-bond acceptors (Lipinski definition) is 2. The highest BCUT2D eigenvalue weighted by atomic mass is 16.1. The molecule has 2 heterocycles. The summed E-state index contributed by atoms with van der Waals surface area (Å²) in [4.78, 5) is 11.5. The first kappa shape index (κ1) is 9.44. The molecule has 0 aliphatic carbocycles. The molecule has 1 aromatic heterocycles. The van der Waals surface area contributed by atoms with Crippen LogP contribution in [-0.4, -0.2) is 15.6 Å². The lowest BCUT2D eigenvalue weighted by atomic mass is 9.91. The molecule has 14 heavy (non-hydrogen) atoms. The molecule has 0 fully saturated rings. The number of nitrogens with zero attached hydrogens (tertiary/aromatic N) is 2. The van der Waals surface area contributed by atoms with Crippen molar-refractivity contribution in [2.24, 2.45) is 5.92 Å². The van der Waals surface area contributed by atoms with E-state index in [0.717, 1.165) is 18.5 Å². The van der Waals surface area contributed by atoms with Gasteiger partial charge in [0.2, 0.25) is 0 Å². The Labute approximate surface area is 84.1 Å². The Kier molecular flexibility index (Phi) is 2.40. The number of hydrogen-bond donors (Lipinski definition) is 0. The van der Waals surface area contributed by atoms with Crippen molar-refractivity contribution in [1.29, 1.82) is 0 Å². The quantitative estimate of drug-likeness (QED) is 0.721. The normalized spacial score (nSPS) is 23.3. The summed E-state index contributed by atoms with van der Waals surface area (Å²) in [5, 5.41) is 4.25. The van der Waals surface area contributed by atoms with Crippen LogP contribution in [-0.2, 0) is 0 Å². The fourth-order valence-corrected chi connectivity index (χ4v) is 2.13. The summed E-state index contributed by atoms with van der Waals surface area (Å²) >= 11 is 0. The monoisotopic (exact) mass is 192 g/mol. The minimum Gasteiger partial charge on any atom is -0.292 e. The molecule has 1 aliphatic heterocycles. The molecule has 0 saturated carbocycles. The fraction of sp³-hybridized carbons (Fsp3) is 0.636. The van der Waals surface area contributed by atoms with Gasteiger partial charge in [-0.25, -0.2) is 0 Å². The van der Waals surface area contributed by atoms with Crippen LogP contribution in [0.5, 0.6) is 0 Å². The van der Waals surface area contributed by atoms with Crippen molar-refractivity contribution in [2.45, 2.75) is 39.2 Å². The molecular formula is C11H16N2O. The Bertz CT molecular complexity index is 343. The van der Waals surface area contributed by atoms with Crippen LogP contribution in [0.3, 0.4) is 0 Å². The van der Waals surface area contributed by atoms with Gasteiger partial charge in [0.25, 0.3) is 0 Å². The summed E-state index contributed by atoms with van der Waals surface area (Å²) in [5.74, 6) is 0.837. The summed E-state index contributed by atoms with van der Waals surface area (Å²) in [6.45, 7) is 4.41. The highest BCUT2D eigenvalue weighted by Gasteiger charge is 2.28. The largest absolute Gasteiger partial charge is 0.292 e. The van der Waals surface area contributed by atoms with Gasteiger partial charge in [-0.3, -0.25) is 9.48 Å². The molecule has 3 heteroatoms. The summed E-state index contributed by atoms with van der Waals surface area (Å²) < 4.78 is 1.92. The number of ketones is 1. The molecule has 0 N–H and O–H groups in total. The van der Waals surface area contributed by atoms with Gasteiger partial charge in [-0.2, -0.15) is 5.10 Å². The first-order chi connectivity index (χ1) is 6.74. The lowest BCUT2D eigenvalue weighted by Gasteiger charge is -2.28. The van der Waals surface area contributed by atoms with Crippen molar-refractivity contribution in [3.8, 4) is 0 Å². The Balaban J connectivity index is 2.33. The lowest BCUT2D eigenvalue weighted by Crippen LogP contribution is -2.27. The molecular weight excluding hydrogens is 176 g/mol. The highest BCUT2D eigenvalue weighted by Crippen LogP contribution is 2.31. The molecule has 2 rings (SSSR count). The molecule has 0 bridgehead atoms. The van der Waals surface area contributed by atoms with Crippen LogP contribution < -0.4 is 0 Å². The Morgan fingerprint density at radius 2 is 2.50 bits per heavy atom. The highest BCUT2D eigenvalue weighted by molar-refractivity contribution is 5.95. The van der Waals surface area contributed by atoms with Crippen LogP contribution in [0.25, 0.3) is 0 Å². The van der Waals surface area contributed by atoms with Gasteiger partial charge in [-0.05, 0) is 18.4 Å². The van der Waals surface area contributed by atoms with E-state index in [9.17, 15) is 4.79 Å². The Morgan fingerprint density at radius 1 is 1.71 bits per heavy atom. The molecule has 0 radical (unpaired) electrons. The zero-order chi connectivity index (χ0) is 10.1. The molecule has 2 unspecified atom stereocenters. The molecule has 3 nitrogen and oxygen atoms in total. The molecule has 0 aromatic carbocycles. The molecule has 0 amide bonds. The minimum atomic E-state index is 0.238. The van der Waals surface area contributed by atoms with Gasteiger partial charge in [0.05, 0.1) is 6.04 Å². The third-order valence-electron chi connectivity index (χ3n) is 3.24. The number of Topliss-reactive ketones (excluding diaryl/α,β-unsaturated/α-hetero) is 1. The molecule has 0 spiro atoms. The number of carbonyl (C=O) groups excluding carboxylic acids is 1. The average molecular weight is 192 g/mol. The van der Waals surface area contributed by atoms with Crippen molar-refractivity contribution < 1.29 is 4.79 Å². The summed E-state index contributed by atoms with van der Waals surface area (Å²) in [6.07, 6.45) is 4.50. The topological polar surface area (TPSA) is 34.9 Å². The number of carbonyl (C=O) groups is 1. The second kappa shape index (κ2) is 3.56. The van der Waals surface area contributed by atoms with E-state index in [1.54, 1.807) is 6.20 Å². The van der Waals surface area contributed by atoms with Crippen molar-refractivity contribution in [3.63, 3.8) is 0 Å². The van der Waals surface area contributed by atoms with E-state index >= 15 is 0 Å². The molecule has 0 saturated heterocycles. The number of aromatic nitrogens is 2. The standard InChI is InChI=1S/C11H16N2O/c1-3-8(2)9-4-5-11(14)10-6-7-12-13(9)10/h6-9H,3-5H2,1-2H3. The summed E-state index contributed by atoms with van der Waals surface area (Å²) in [6, 6.07) is 2.25. The van der Waals surface area contributed by atoms with Crippen molar-refractivity contribution in [1.82, 2.24) is 9.78 Å². The minimum absolute atomic E-state index is 0.238. The maximum absolute atomic E-state index is 11.5. The number of fused-ring (bicyclic) bond motifs is 1. The van der Waals surface area contributed by atoms with E-state index in [4.69, 9.17) is 0 Å². The van der Waals surface area contributed by atoms with Crippen LogP contribution in [0.1, 0.15) is 49.6 Å². The van der Waals surface area contributed by atoms with Crippen LogP contribution in [0.4, 0.5) is 0 Å². The van der Waals surface area contributed by atoms with Crippen LogP contribution in [0.15, 0.2) is 12.3 Å².